The summed E-state index contributed by atoms with van der Waals surface area (Å²) in [5.41, 5.74) is 1.75. The van der Waals surface area contributed by atoms with Crippen LogP contribution < -0.4 is 0 Å². The van der Waals surface area contributed by atoms with Gasteiger partial charge in [0.1, 0.15) is 0 Å². The fourth-order valence-corrected chi connectivity index (χ4v) is 0.938. The van der Waals surface area contributed by atoms with Crippen LogP contribution in [0, 0.1) is 0 Å². The van der Waals surface area contributed by atoms with Crippen LogP contribution in [-0.2, 0) is 0 Å². The van der Waals surface area contributed by atoms with Gasteiger partial charge in [-0.15, -0.1) is 0 Å². The Bertz CT molecular complexity index is 138. The molecule has 1 aliphatic carbocycles. The van der Waals surface area contributed by atoms with Crippen molar-refractivity contribution >= 4 is 0 Å². The molecule has 0 aromatic rings. The molecule has 0 saturated carbocycles. The molecule has 2 nitrogen and oxygen atoms in total. The lowest BCUT2D eigenvalue weighted by Crippen LogP contribution is -1.95. The van der Waals surface area contributed by atoms with Crippen LogP contribution in [0.2, 0.25) is 0 Å². The zero-order chi connectivity index (χ0) is 6.69. The molecule has 0 aromatic carbocycles. The normalized spacial score (nSPS) is 17.6. The zero-order valence-corrected chi connectivity index (χ0v) is 5.17. The zero-order valence-electron chi connectivity index (χ0n) is 5.17. The van der Waals surface area contributed by atoms with Crippen molar-refractivity contribution in [3.8, 4) is 0 Å². The molecule has 1 aliphatic rings. The number of hydrogen-bond acceptors (Lipinski definition) is 2. The Morgan fingerprint density at radius 1 is 1.11 bits per heavy atom. The molecule has 2 heteroatoms. The Morgan fingerprint density at radius 2 is 1.56 bits per heavy atom. The van der Waals surface area contributed by atoms with Crippen molar-refractivity contribution in [1.29, 1.82) is 0 Å². The largest absolute Gasteiger partial charge is 0.392 e. The highest BCUT2D eigenvalue weighted by atomic mass is 16.3. The van der Waals surface area contributed by atoms with Crippen molar-refractivity contribution in [2.24, 2.45) is 0 Å². The lowest BCUT2D eigenvalue weighted by atomic mass is 10.2. The van der Waals surface area contributed by atoms with E-state index in [0.717, 1.165) is 17.6 Å². The van der Waals surface area contributed by atoms with Crippen LogP contribution in [-0.4, -0.2) is 23.4 Å². The second-order valence-corrected chi connectivity index (χ2v) is 2.01. The van der Waals surface area contributed by atoms with Crippen molar-refractivity contribution in [2.45, 2.75) is 6.42 Å². The molecule has 0 spiro atoms. The third kappa shape index (κ3) is 1.20. The molecule has 9 heavy (non-hydrogen) atoms. The number of aliphatic hydroxyl groups excluding tert-OH is 2. The summed E-state index contributed by atoms with van der Waals surface area (Å²) in [6, 6.07) is 0. The van der Waals surface area contributed by atoms with Crippen LogP contribution in [0.4, 0.5) is 0 Å². The molecule has 0 aromatic heterocycles. The summed E-state index contributed by atoms with van der Waals surface area (Å²) < 4.78 is 0. The fourth-order valence-electron chi connectivity index (χ4n) is 0.938. The Morgan fingerprint density at radius 3 is 1.89 bits per heavy atom. The number of aliphatic hydroxyl groups is 2. The minimum Gasteiger partial charge on any atom is -0.392 e. The lowest BCUT2D eigenvalue weighted by Gasteiger charge is -1.98. The maximum Gasteiger partial charge on any atom is 0.0682 e. The minimum atomic E-state index is 0.0480. The van der Waals surface area contributed by atoms with Gasteiger partial charge in [-0.3, -0.25) is 0 Å². The van der Waals surface area contributed by atoms with Gasteiger partial charge < -0.3 is 10.2 Å². The summed E-state index contributed by atoms with van der Waals surface area (Å²) in [6.45, 7) is 0.0960. The highest BCUT2D eigenvalue weighted by Crippen LogP contribution is 2.16. The van der Waals surface area contributed by atoms with E-state index in [1.54, 1.807) is 0 Å². The van der Waals surface area contributed by atoms with Gasteiger partial charge in [-0.05, 0) is 17.6 Å². The van der Waals surface area contributed by atoms with E-state index in [-0.39, 0.29) is 13.2 Å². The van der Waals surface area contributed by atoms with E-state index < -0.39 is 0 Å². The maximum absolute atomic E-state index is 8.65. The monoisotopic (exact) mass is 126 g/mol. The average molecular weight is 126 g/mol. The second-order valence-electron chi connectivity index (χ2n) is 2.01. The van der Waals surface area contributed by atoms with Crippen molar-refractivity contribution in [3.63, 3.8) is 0 Å². The number of hydrogen-bond donors (Lipinski definition) is 2. The molecule has 0 amide bonds. The first kappa shape index (κ1) is 6.52. The van der Waals surface area contributed by atoms with Crippen LogP contribution in [0.1, 0.15) is 6.42 Å². The Kier molecular flexibility index (Phi) is 2.03. The first-order valence-corrected chi connectivity index (χ1v) is 2.98. The Balaban J connectivity index is 2.62. The van der Waals surface area contributed by atoms with E-state index in [0.29, 0.717) is 0 Å². The van der Waals surface area contributed by atoms with Crippen molar-refractivity contribution < 1.29 is 10.2 Å². The molecule has 0 saturated heterocycles. The van der Waals surface area contributed by atoms with E-state index >= 15 is 0 Å². The Labute approximate surface area is 54.1 Å². The van der Waals surface area contributed by atoms with Crippen LogP contribution in [0.25, 0.3) is 0 Å². The summed E-state index contributed by atoms with van der Waals surface area (Å²) >= 11 is 0. The predicted octanol–water partition coefficient (Wildman–Crippen LogP) is 0.227. The summed E-state index contributed by atoms with van der Waals surface area (Å²) in [4.78, 5) is 0. The van der Waals surface area contributed by atoms with Gasteiger partial charge in [0.25, 0.3) is 0 Å². The molecule has 0 heterocycles. The van der Waals surface area contributed by atoms with Gasteiger partial charge in [-0.25, -0.2) is 0 Å². The molecule has 0 bridgehead atoms. The second kappa shape index (κ2) is 2.80. The molecule has 0 atom stereocenters. The van der Waals surface area contributed by atoms with Gasteiger partial charge >= 0.3 is 0 Å². The highest BCUT2D eigenvalue weighted by Gasteiger charge is 2.05. The summed E-state index contributed by atoms with van der Waals surface area (Å²) in [5.74, 6) is 0. The molecular formula is C7H10O2. The van der Waals surface area contributed by atoms with Crippen LogP contribution >= 0.6 is 0 Å². The summed E-state index contributed by atoms with van der Waals surface area (Å²) in [7, 11) is 0. The van der Waals surface area contributed by atoms with E-state index in [9.17, 15) is 0 Å². The number of rotatable bonds is 2. The topological polar surface area (TPSA) is 40.5 Å². The molecule has 0 aliphatic heterocycles. The number of allylic oxidation sites excluding steroid dienone is 2. The first-order chi connectivity index (χ1) is 4.38. The standard InChI is InChI=1S/C7H10O2/c8-4-6-2-1-3-7(6)5-9/h2-3,8-9H,1,4-5H2. The Hall–Kier alpha value is -0.600. The molecule has 1 rings (SSSR count). The fraction of sp³-hybridized carbons (Fsp3) is 0.429. The molecule has 0 radical (unpaired) electrons. The summed E-state index contributed by atoms with van der Waals surface area (Å²) in [6.07, 6.45) is 4.70. The van der Waals surface area contributed by atoms with Gasteiger partial charge in [-0.1, -0.05) is 12.2 Å². The van der Waals surface area contributed by atoms with E-state index in [2.05, 4.69) is 0 Å². The van der Waals surface area contributed by atoms with Crippen LogP contribution in [0.5, 0.6) is 0 Å². The molecule has 50 valence electrons. The van der Waals surface area contributed by atoms with Gasteiger partial charge in [0.2, 0.25) is 0 Å². The molecular weight excluding hydrogens is 116 g/mol. The third-order valence-corrected chi connectivity index (χ3v) is 1.48. The molecule has 0 unspecified atom stereocenters. The van der Waals surface area contributed by atoms with E-state index in [4.69, 9.17) is 10.2 Å². The lowest BCUT2D eigenvalue weighted by molar-refractivity contribution is 0.312. The molecule has 0 fully saturated rings. The van der Waals surface area contributed by atoms with Crippen LogP contribution in [0.3, 0.4) is 0 Å². The smallest absolute Gasteiger partial charge is 0.0682 e. The molecule has 2 N–H and O–H groups in total. The predicted molar refractivity (Wildman–Crippen MR) is 35.0 cm³/mol. The summed E-state index contributed by atoms with van der Waals surface area (Å²) in [5, 5.41) is 17.3. The van der Waals surface area contributed by atoms with Crippen molar-refractivity contribution in [3.05, 3.63) is 23.3 Å². The quantitative estimate of drug-likeness (QED) is 0.556. The van der Waals surface area contributed by atoms with Gasteiger partial charge in [-0.2, -0.15) is 0 Å². The first-order valence-electron chi connectivity index (χ1n) is 2.98. The highest BCUT2D eigenvalue weighted by molar-refractivity contribution is 5.37. The van der Waals surface area contributed by atoms with Gasteiger partial charge in [0.15, 0.2) is 0 Å². The van der Waals surface area contributed by atoms with Gasteiger partial charge in [0.05, 0.1) is 13.2 Å². The average Bonchev–Trinajstić information content (AvgIpc) is 2.33. The van der Waals surface area contributed by atoms with Crippen molar-refractivity contribution in [2.75, 3.05) is 13.2 Å². The van der Waals surface area contributed by atoms with Crippen molar-refractivity contribution in [1.82, 2.24) is 0 Å². The van der Waals surface area contributed by atoms with E-state index in [1.807, 2.05) is 12.2 Å². The third-order valence-electron chi connectivity index (χ3n) is 1.48. The maximum atomic E-state index is 8.65. The minimum absolute atomic E-state index is 0.0480. The van der Waals surface area contributed by atoms with Crippen LogP contribution in [0.15, 0.2) is 23.3 Å². The van der Waals surface area contributed by atoms with E-state index in [1.165, 1.54) is 0 Å². The van der Waals surface area contributed by atoms with Gasteiger partial charge in [0, 0.05) is 0 Å². The SMILES string of the molecule is OCC1=CCC=C1CO.